The maximum Gasteiger partial charge on any atom is 0.191 e. The minimum Gasteiger partial charge on any atom is -0.496 e. The number of hydrogen-bond donors (Lipinski definition) is 2. The van der Waals surface area contributed by atoms with Crippen LogP contribution in [0.25, 0.3) is 0 Å². The van der Waals surface area contributed by atoms with Crippen LogP contribution in [0.3, 0.4) is 0 Å². The molecule has 0 aromatic heterocycles. The van der Waals surface area contributed by atoms with Gasteiger partial charge in [0.2, 0.25) is 0 Å². The number of likely N-dealkylation sites (tertiary alicyclic amines) is 1. The third kappa shape index (κ3) is 7.41. The average molecular weight is 375 g/mol. The summed E-state index contributed by atoms with van der Waals surface area (Å²) >= 11 is 0. The minimum atomic E-state index is 0.519. The van der Waals surface area contributed by atoms with Crippen molar-refractivity contribution in [2.45, 2.75) is 53.0 Å². The highest BCUT2D eigenvalue weighted by molar-refractivity contribution is 5.80. The van der Waals surface area contributed by atoms with Crippen molar-refractivity contribution in [3.8, 4) is 5.75 Å². The van der Waals surface area contributed by atoms with E-state index in [1.54, 1.807) is 7.11 Å². The summed E-state index contributed by atoms with van der Waals surface area (Å²) in [5.74, 6) is 2.64. The molecule has 5 nitrogen and oxygen atoms in total. The average Bonchev–Trinajstić information content (AvgIpc) is 2.64. The van der Waals surface area contributed by atoms with Crippen LogP contribution in [-0.2, 0) is 6.42 Å². The number of piperidine rings is 1. The molecule has 1 fully saturated rings. The van der Waals surface area contributed by atoms with Gasteiger partial charge in [0.25, 0.3) is 0 Å². The normalized spacial score (nSPS) is 16.6. The van der Waals surface area contributed by atoms with E-state index in [9.17, 15) is 0 Å². The van der Waals surface area contributed by atoms with E-state index in [0.717, 1.165) is 37.1 Å². The maximum atomic E-state index is 5.42. The van der Waals surface area contributed by atoms with Gasteiger partial charge in [0.05, 0.1) is 7.11 Å². The number of aliphatic imine (C=N–C) groups is 1. The van der Waals surface area contributed by atoms with Crippen LogP contribution in [0.1, 0.15) is 44.7 Å². The Morgan fingerprint density at radius 1 is 1.30 bits per heavy atom. The number of nitrogens with one attached hydrogen (secondary N) is 2. The number of guanidine groups is 1. The molecular weight excluding hydrogens is 336 g/mol. The van der Waals surface area contributed by atoms with E-state index in [4.69, 9.17) is 9.73 Å². The Bertz CT molecular complexity index is 592. The fourth-order valence-corrected chi connectivity index (χ4v) is 3.61. The lowest BCUT2D eigenvalue weighted by molar-refractivity contribution is 0.187. The minimum absolute atomic E-state index is 0.519. The van der Waals surface area contributed by atoms with Crippen LogP contribution in [0.4, 0.5) is 0 Å². The van der Waals surface area contributed by atoms with Crippen molar-refractivity contribution in [2.24, 2.45) is 10.9 Å². The molecule has 1 heterocycles. The number of aryl methyl sites for hydroxylation is 1. The van der Waals surface area contributed by atoms with Gasteiger partial charge in [-0.1, -0.05) is 26.0 Å². The molecule has 0 atom stereocenters. The first kappa shape index (κ1) is 21.5. The zero-order valence-corrected chi connectivity index (χ0v) is 17.8. The van der Waals surface area contributed by atoms with E-state index in [-0.39, 0.29) is 0 Å². The van der Waals surface area contributed by atoms with Crippen LogP contribution in [0.5, 0.6) is 5.75 Å². The Kier molecular flexibility index (Phi) is 8.92. The molecule has 1 aromatic carbocycles. The van der Waals surface area contributed by atoms with Gasteiger partial charge in [0.1, 0.15) is 5.75 Å². The van der Waals surface area contributed by atoms with Crippen molar-refractivity contribution >= 4 is 5.96 Å². The molecule has 2 rings (SSSR count). The molecule has 1 aliphatic heterocycles. The highest BCUT2D eigenvalue weighted by Crippen LogP contribution is 2.19. The molecule has 27 heavy (non-hydrogen) atoms. The largest absolute Gasteiger partial charge is 0.496 e. The fourth-order valence-electron chi connectivity index (χ4n) is 3.61. The van der Waals surface area contributed by atoms with Gasteiger partial charge in [0, 0.05) is 38.8 Å². The van der Waals surface area contributed by atoms with Crippen molar-refractivity contribution in [3.63, 3.8) is 0 Å². The van der Waals surface area contributed by atoms with E-state index < -0.39 is 0 Å². The molecular formula is C22H38N4O. The molecule has 1 saturated heterocycles. The fraction of sp³-hybridized carbons (Fsp3) is 0.682. The predicted molar refractivity (Wildman–Crippen MR) is 115 cm³/mol. The van der Waals surface area contributed by atoms with E-state index >= 15 is 0 Å². The standard InChI is InChI=1S/C22H38N4O/c1-6-23-22(25-20-10-13-26(14-11-20)16-17(2)3)24-12-9-19-8-7-18(4)21(15-19)27-5/h7-8,15,17,20H,6,9-14,16H2,1-5H3,(H2,23,24,25). The van der Waals surface area contributed by atoms with Crippen LogP contribution in [-0.4, -0.2) is 56.7 Å². The van der Waals surface area contributed by atoms with E-state index in [1.807, 2.05) is 0 Å². The highest BCUT2D eigenvalue weighted by atomic mass is 16.5. The van der Waals surface area contributed by atoms with Gasteiger partial charge in [-0.25, -0.2) is 0 Å². The van der Waals surface area contributed by atoms with Crippen LogP contribution < -0.4 is 15.4 Å². The highest BCUT2D eigenvalue weighted by Gasteiger charge is 2.20. The van der Waals surface area contributed by atoms with Crippen LogP contribution in [0, 0.1) is 12.8 Å². The zero-order chi connectivity index (χ0) is 19.6. The van der Waals surface area contributed by atoms with Gasteiger partial charge in [-0.3, -0.25) is 4.99 Å². The monoisotopic (exact) mass is 374 g/mol. The summed E-state index contributed by atoms with van der Waals surface area (Å²) in [6.45, 7) is 14.0. The quantitative estimate of drug-likeness (QED) is 0.542. The maximum absolute atomic E-state index is 5.42. The molecule has 0 spiro atoms. The Balaban J connectivity index is 1.84. The number of ether oxygens (including phenoxy) is 1. The van der Waals surface area contributed by atoms with Gasteiger partial charge in [-0.2, -0.15) is 0 Å². The molecule has 5 heteroatoms. The summed E-state index contributed by atoms with van der Waals surface area (Å²) in [5.41, 5.74) is 2.43. The van der Waals surface area contributed by atoms with Gasteiger partial charge < -0.3 is 20.3 Å². The molecule has 152 valence electrons. The third-order valence-electron chi connectivity index (χ3n) is 5.04. The van der Waals surface area contributed by atoms with Gasteiger partial charge in [-0.05, 0) is 56.2 Å². The first-order chi connectivity index (χ1) is 13.0. The van der Waals surface area contributed by atoms with Crippen molar-refractivity contribution < 1.29 is 4.74 Å². The van der Waals surface area contributed by atoms with Crippen LogP contribution in [0.2, 0.25) is 0 Å². The van der Waals surface area contributed by atoms with Crippen LogP contribution >= 0.6 is 0 Å². The van der Waals surface area contributed by atoms with Crippen LogP contribution in [0.15, 0.2) is 23.2 Å². The molecule has 0 unspecified atom stereocenters. The van der Waals surface area contributed by atoms with Gasteiger partial charge in [-0.15, -0.1) is 0 Å². The second-order valence-corrected chi connectivity index (χ2v) is 7.93. The molecule has 0 radical (unpaired) electrons. The van der Waals surface area contributed by atoms with Gasteiger partial charge in [0.15, 0.2) is 5.96 Å². The van der Waals surface area contributed by atoms with Crippen molar-refractivity contribution in [1.82, 2.24) is 15.5 Å². The molecule has 1 aliphatic rings. The Morgan fingerprint density at radius 2 is 2.04 bits per heavy atom. The Labute approximate surface area is 165 Å². The number of nitrogens with zero attached hydrogens (tertiary/aromatic N) is 2. The molecule has 0 amide bonds. The van der Waals surface area contributed by atoms with Crippen molar-refractivity contribution in [3.05, 3.63) is 29.3 Å². The lowest BCUT2D eigenvalue weighted by Gasteiger charge is -2.34. The summed E-state index contributed by atoms with van der Waals surface area (Å²) in [5, 5.41) is 7.03. The Morgan fingerprint density at radius 3 is 2.67 bits per heavy atom. The lowest BCUT2D eigenvalue weighted by atomic mass is 10.0. The predicted octanol–water partition coefficient (Wildman–Crippen LogP) is 3.22. The number of benzene rings is 1. The van der Waals surface area contributed by atoms with Crippen molar-refractivity contribution in [2.75, 3.05) is 39.8 Å². The van der Waals surface area contributed by atoms with E-state index in [2.05, 4.69) is 61.4 Å². The number of methoxy groups -OCH3 is 1. The summed E-state index contributed by atoms with van der Waals surface area (Å²) in [4.78, 5) is 7.37. The number of hydrogen-bond acceptors (Lipinski definition) is 3. The summed E-state index contributed by atoms with van der Waals surface area (Å²) < 4.78 is 5.42. The Hall–Kier alpha value is -1.75. The van der Waals surface area contributed by atoms with E-state index in [0.29, 0.717) is 6.04 Å². The molecule has 0 saturated carbocycles. The third-order valence-corrected chi connectivity index (χ3v) is 5.04. The topological polar surface area (TPSA) is 48.9 Å². The second-order valence-electron chi connectivity index (χ2n) is 7.93. The summed E-state index contributed by atoms with van der Waals surface area (Å²) in [6.07, 6.45) is 3.29. The second kappa shape index (κ2) is 11.2. The van der Waals surface area contributed by atoms with E-state index in [1.165, 1.54) is 43.6 Å². The molecule has 0 aliphatic carbocycles. The first-order valence-electron chi connectivity index (χ1n) is 10.4. The summed E-state index contributed by atoms with van der Waals surface area (Å²) in [7, 11) is 1.73. The summed E-state index contributed by atoms with van der Waals surface area (Å²) in [6, 6.07) is 6.92. The van der Waals surface area contributed by atoms with Crippen molar-refractivity contribution in [1.29, 1.82) is 0 Å². The molecule has 1 aromatic rings. The number of rotatable bonds is 8. The zero-order valence-electron chi connectivity index (χ0n) is 17.8. The molecule has 2 N–H and O–H groups in total. The smallest absolute Gasteiger partial charge is 0.191 e. The lowest BCUT2D eigenvalue weighted by Crippen LogP contribution is -2.49. The van der Waals surface area contributed by atoms with Gasteiger partial charge >= 0.3 is 0 Å². The molecule has 0 bridgehead atoms. The first-order valence-corrected chi connectivity index (χ1v) is 10.4. The SMILES string of the molecule is CCNC(=NCCc1ccc(C)c(OC)c1)NC1CCN(CC(C)C)CC1.